The van der Waals surface area contributed by atoms with Gasteiger partial charge in [0.1, 0.15) is 18.1 Å². The second-order valence-corrected chi connectivity index (χ2v) is 7.61. The number of carbonyl (C=O) groups is 1. The highest BCUT2D eigenvalue weighted by molar-refractivity contribution is 5.92. The quantitative estimate of drug-likeness (QED) is 0.624. The molecule has 0 atom stereocenters. The van der Waals surface area contributed by atoms with Gasteiger partial charge >= 0.3 is 0 Å². The molecule has 31 heavy (non-hydrogen) atoms. The maximum atomic E-state index is 12.4. The van der Waals surface area contributed by atoms with Crippen molar-refractivity contribution in [3.63, 3.8) is 0 Å². The van der Waals surface area contributed by atoms with Gasteiger partial charge in [0.2, 0.25) is 5.91 Å². The van der Waals surface area contributed by atoms with Gasteiger partial charge in [-0.15, -0.1) is 0 Å². The smallest absolute Gasteiger partial charge is 0.228 e. The fraction of sp³-hybridized carbons (Fsp3) is 0.333. The van der Waals surface area contributed by atoms with Crippen molar-refractivity contribution in [2.24, 2.45) is 0 Å². The van der Waals surface area contributed by atoms with E-state index in [1.165, 1.54) is 0 Å². The zero-order valence-corrected chi connectivity index (χ0v) is 17.9. The van der Waals surface area contributed by atoms with E-state index in [1.807, 2.05) is 62.4 Å². The minimum atomic E-state index is -0.0523. The van der Waals surface area contributed by atoms with E-state index in [-0.39, 0.29) is 5.91 Å². The molecule has 0 radical (unpaired) electrons. The molecular weight excluding hydrogens is 394 g/mol. The van der Waals surface area contributed by atoms with Crippen LogP contribution in [0.5, 0.6) is 5.75 Å². The van der Waals surface area contributed by atoms with E-state index in [0.29, 0.717) is 13.0 Å². The van der Waals surface area contributed by atoms with Gasteiger partial charge in [-0.3, -0.25) is 4.79 Å². The molecule has 2 aromatic carbocycles. The molecule has 0 aliphatic carbocycles. The molecule has 1 aliphatic rings. The highest BCUT2D eigenvalue weighted by Gasteiger charge is 2.12. The van der Waals surface area contributed by atoms with E-state index in [4.69, 9.17) is 14.0 Å². The third-order valence-electron chi connectivity index (χ3n) is 5.38. The van der Waals surface area contributed by atoms with Crippen molar-refractivity contribution in [1.82, 2.24) is 5.16 Å². The Morgan fingerprint density at radius 2 is 1.77 bits per heavy atom. The predicted molar refractivity (Wildman–Crippen MR) is 119 cm³/mol. The molecule has 1 saturated heterocycles. The lowest BCUT2D eigenvalue weighted by molar-refractivity contribution is -0.115. The molecule has 2 heterocycles. The van der Waals surface area contributed by atoms with Gasteiger partial charge in [-0.2, -0.15) is 0 Å². The Balaban J connectivity index is 1.27. The number of benzene rings is 2. The first kappa shape index (κ1) is 20.9. The minimum Gasteiger partial charge on any atom is -0.489 e. The van der Waals surface area contributed by atoms with Gasteiger partial charge in [0.15, 0.2) is 0 Å². The Bertz CT molecular complexity index is 987. The van der Waals surface area contributed by atoms with Crippen molar-refractivity contribution < 1.29 is 18.8 Å². The van der Waals surface area contributed by atoms with Gasteiger partial charge in [-0.25, -0.2) is 0 Å². The standard InChI is InChI=1S/C24H27N3O4/c1-17-23(18(2)31-26-17)16-30-22-9-3-19(4-10-22)15-24(28)25-20-5-7-21(8-6-20)27-11-13-29-14-12-27/h3-10H,11-16H2,1-2H3,(H,25,28). The zero-order valence-electron chi connectivity index (χ0n) is 17.9. The first-order chi connectivity index (χ1) is 15.1. The van der Waals surface area contributed by atoms with Crippen LogP contribution in [0.3, 0.4) is 0 Å². The van der Waals surface area contributed by atoms with Crippen LogP contribution in [0, 0.1) is 13.8 Å². The molecule has 7 nitrogen and oxygen atoms in total. The summed E-state index contributed by atoms with van der Waals surface area (Å²) >= 11 is 0. The van der Waals surface area contributed by atoms with Crippen LogP contribution in [0.1, 0.15) is 22.6 Å². The van der Waals surface area contributed by atoms with Gasteiger partial charge in [-0.1, -0.05) is 17.3 Å². The van der Waals surface area contributed by atoms with Crippen LogP contribution in [0.2, 0.25) is 0 Å². The fourth-order valence-electron chi connectivity index (χ4n) is 3.53. The van der Waals surface area contributed by atoms with Gasteiger partial charge in [0.05, 0.1) is 30.9 Å². The van der Waals surface area contributed by atoms with Gasteiger partial charge in [-0.05, 0) is 55.8 Å². The van der Waals surface area contributed by atoms with E-state index < -0.39 is 0 Å². The van der Waals surface area contributed by atoms with Gasteiger partial charge in [0.25, 0.3) is 0 Å². The number of hydrogen-bond donors (Lipinski definition) is 1. The van der Waals surface area contributed by atoms with Crippen molar-refractivity contribution in [3.05, 3.63) is 71.1 Å². The number of carbonyl (C=O) groups excluding carboxylic acids is 1. The Labute approximate surface area is 181 Å². The SMILES string of the molecule is Cc1noc(C)c1COc1ccc(CC(=O)Nc2ccc(N3CCOCC3)cc2)cc1. The van der Waals surface area contributed by atoms with Crippen molar-refractivity contribution in [3.8, 4) is 5.75 Å². The van der Waals surface area contributed by atoms with E-state index in [1.54, 1.807) is 0 Å². The van der Waals surface area contributed by atoms with E-state index in [0.717, 1.165) is 66.0 Å². The summed E-state index contributed by atoms with van der Waals surface area (Å²) in [5.41, 5.74) is 4.66. The molecule has 1 amide bonds. The van der Waals surface area contributed by atoms with Gasteiger partial charge in [0, 0.05) is 24.5 Å². The average molecular weight is 421 g/mol. The summed E-state index contributed by atoms with van der Waals surface area (Å²) in [5.74, 6) is 1.45. The first-order valence-corrected chi connectivity index (χ1v) is 10.4. The van der Waals surface area contributed by atoms with Crippen LogP contribution in [-0.4, -0.2) is 37.4 Å². The monoisotopic (exact) mass is 421 g/mol. The Morgan fingerprint density at radius 1 is 1.06 bits per heavy atom. The van der Waals surface area contributed by atoms with Crippen LogP contribution in [-0.2, 0) is 22.6 Å². The lowest BCUT2D eigenvalue weighted by atomic mass is 10.1. The number of hydrogen-bond acceptors (Lipinski definition) is 6. The molecule has 1 aliphatic heterocycles. The van der Waals surface area contributed by atoms with Gasteiger partial charge < -0.3 is 24.2 Å². The number of nitrogens with zero attached hydrogens (tertiary/aromatic N) is 2. The average Bonchev–Trinajstić information content (AvgIpc) is 3.11. The number of aryl methyl sites for hydroxylation is 2. The lowest BCUT2D eigenvalue weighted by Crippen LogP contribution is -2.36. The number of anilines is 2. The molecule has 0 saturated carbocycles. The van der Waals surface area contributed by atoms with Crippen LogP contribution in [0.4, 0.5) is 11.4 Å². The Morgan fingerprint density at radius 3 is 2.42 bits per heavy atom. The summed E-state index contributed by atoms with van der Waals surface area (Å²) in [4.78, 5) is 14.7. The maximum Gasteiger partial charge on any atom is 0.228 e. The van der Waals surface area contributed by atoms with E-state index >= 15 is 0 Å². The summed E-state index contributed by atoms with van der Waals surface area (Å²) in [6.45, 7) is 7.46. The summed E-state index contributed by atoms with van der Waals surface area (Å²) < 4.78 is 16.4. The van der Waals surface area contributed by atoms with Crippen LogP contribution < -0.4 is 15.0 Å². The molecule has 0 unspecified atom stereocenters. The lowest BCUT2D eigenvalue weighted by Gasteiger charge is -2.28. The van der Waals surface area contributed by atoms with Crippen molar-refractivity contribution in [2.75, 3.05) is 36.5 Å². The molecule has 0 spiro atoms. The number of ether oxygens (including phenoxy) is 2. The topological polar surface area (TPSA) is 76.8 Å². The Kier molecular flexibility index (Phi) is 6.52. The summed E-state index contributed by atoms with van der Waals surface area (Å²) in [7, 11) is 0. The molecule has 7 heteroatoms. The number of rotatable bonds is 7. The highest BCUT2D eigenvalue weighted by atomic mass is 16.5. The number of aromatic nitrogens is 1. The van der Waals surface area contributed by atoms with Crippen molar-refractivity contribution >= 4 is 17.3 Å². The minimum absolute atomic E-state index is 0.0523. The molecule has 162 valence electrons. The first-order valence-electron chi connectivity index (χ1n) is 10.4. The van der Waals surface area contributed by atoms with Crippen LogP contribution >= 0.6 is 0 Å². The van der Waals surface area contributed by atoms with Crippen LogP contribution in [0.15, 0.2) is 53.1 Å². The molecule has 4 rings (SSSR count). The van der Waals surface area contributed by atoms with E-state index in [2.05, 4.69) is 15.4 Å². The number of morpholine rings is 1. The van der Waals surface area contributed by atoms with Crippen LogP contribution in [0.25, 0.3) is 0 Å². The van der Waals surface area contributed by atoms with Crippen molar-refractivity contribution in [1.29, 1.82) is 0 Å². The van der Waals surface area contributed by atoms with Crippen molar-refractivity contribution in [2.45, 2.75) is 26.9 Å². The molecule has 3 aromatic rings. The second-order valence-electron chi connectivity index (χ2n) is 7.61. The largest absolute Gasteiger partial charge is 0.489 e. The number of amides is 1. The normalized spacial score (nSPS) is 13.8. The Hall–Kier alpha value is -3.32. The highest BCUT2D eigenvalue weighted by Crippen LogP contribution is 2.20. The molecule has 0 bridgehead atoms. The zero-order chi connectivity index (χ0) is 21.6. The number of nitrogens with one attached hydrogen (secondary N) is 1. The third-order valence-corrected chi connectivity index (χ3v) is 5.38. The summed E-state index contributed by atoms with van der Waals surface area (Å²) in [6.07, 6.45) is 0.301. The summed E-state index contributed by atoms with van der Waals surface area (Å²) in [5, 5.41) is 6.89. The third kappa shape index (κ3) is 5.44. The molecular formula is C24H27N3O4. The predicted octanol–water partition coefficient (Wildman–Crippen LogP) is 3.89. The second kappa shape index (κ2) is 9.66. The maximum absolute atomic E-state index is 12.4. The summed E-state index contributed by atoms with van der Waals surface area (Å²) in [6, 6.07) is 15.5. The molecule has 1 fully saturated rings. The fourth-order valence-corrected chi connectivity index (χ4v) is 3.53. The molecule has 1 N–H and O–H groups in total. The van der Waals surface area contributed by atoms with E-state index in [9.17, 15) is 4.79 Å². The molecule has 1 aromatic heterocycles.